The fraction of sp³-hybridized carbons (Fsp3) is 0.364. The number of ether oxygens (including phenoxy) is 1. The predicted octanol–water partition coefficient (Wildman–Crippen LogP) is 2.32. The van der Waals surface area contributed by atoms with E-state index < -0.39 is 39.2 Å². The van der Waals surface area contributed by atoms with Gasteiger partial charge in [0.25, 0.3) is 5.69 Å². The molecule has 5 nitrogen and oxygen atoms in total. The van der Waals surface area contributed by atoms with E-state index in [4.69, 9.17) is 0 Å². The van der Waals surface area contributed by atoms with Crippen molar-refractivity contribution in [2.45, 2.75) is 19.3 Å². The molecule has 0 aromatic heterocycles. The van der Waals surface area contributed by atoms with Crippen LogP contribution in [-0.2, 0) is 14.9 Å². The lowest BCUT2D eigenvalue weighted by atomic mass is 9.83. The van der Waals surface area contributed by atoms with Crippen molar-refractivity contribution in [3.8, 4) is 0 Å². The van der Waals surface area contributed by atoms with Crippen LogP contribution in [-0.4, -0.2) is 18.0 Å². The van der Waals surface area contributed by atoms with Crippen LogP contribution in [0.1, 0.15) is 19.4 Å². The first kappa shape index (κ1) is 14.0. The number of rotatable bonds is 3. The lowest BCUT2D eigenvalue weighted by molar-refractivity contribution is -0.385. The Labute approximate surface area is 102 Å². The first-order valence-electron chi connectivity index (χ1n) is 4.94. The van der Waals surface area contributed by atoms with Gasteiger partial charge in [0.15, 0.2) is 0 Å². The van der Waals surface area contributed by atoms with E-state index in [2.05, 4.69) is 4.74 Å². The first-order valence-corrected chi connectivity index (χ1v) is 4.94. The number of halogens is 2. The SMILES string of the molecule is COC(=O)C(C)(C)c1c(F)cc([N+](=O)[O-])cc1F. The third-order valence-electron chi connectivity index (χ3n) is 2.56. The number of carbonyl (C=O) groups excluding carboxylic acids is 1. The van der Waals surface area contributed by atoms with E-state index in [-0.39, 0.29) is 0 Å². The molecule has 0 fully saturated rings. The molecule has 0 amide bonds. The van der Waals surface area contributed by atoms with Crippen LogP contribution in [0.3, 0.4) is 0 Å². The van der Waals surface area contributed by atoms with Gasteiger partial charge in [-0.25, -0.2) is 8.78 Å². The number of methoxy groups -OCH3 is 1. The Morgan fingerprint density at radius 1 is 1.33 bits per heavy atom. The summed E-state index contributed by atoms with van der Waals surface area (Å²) < 4.78 is 31.9. The maximum Gasteiger partial charge on any atom is 0.315 e. The van der Waals surface area contributed by atoms with Crippen LogP contribution in [0.2, 0.25) is 0 Å². The van der Waals surface area contributed by atoms with Gasteiger partial charge in [0, 0.05) is 5.56 Å². The van der Waals surface area contributed by atoms with E-state index in [1.54, 1.807) is 0 Å². The van der Waals surface area contributed by atoms with Gasteiger partial charge in [-0.3, -0.25) is 14.9 Å². The lowest BCUT2D eigenvalue weighted by Gasteiger charge is -2.22. The van der Waals surface area contributed by atoms with E-state index in [1.165, 1.54) is 13.8 Å². The van der Waals surface area contributed by atoms with Gasteiger partial charge in [-0.15, -0.1) is 0 Å². The molecule has 7 heteroatoms. The largest absolute Gasteiger partial charge is 0.468 e. The fourth-order valence-electron chi connectivity index (χ4n) is 1.62. The number of hydrogen-bond acceptors (Lipinski definition) is 4. The van der Waals surface area contributed by atoms with Gasteiger partial charge in [-0.2, -0.15) is 0 Å². The van der Waals surface area contributed by atoms with Gasteiger partial charge in [-0.1, -0.05) is 0 Å². The maximum atomic E-state index is 13.7. The van der Waals surface area contributed by atoms with Gasteiger partial charge < -0.3 is 4.74 Å². The van der Waals surface area contributed by atoms with Gasteiger partial charge in [0.1, 0.15) is 11.6 Å². The zero-order valence-electron chi connectivity index (χ0n) is 9.99. The summed E-state index contributed by atoms with van der Waals surface area (Å²) in [6.45, 7) is 2.54. The molecular formula is C11H11F2NO4. The van der Waals surface area contributed by atoms with Crippen molar-refractivity contribution in [2.24, 2.45) is 0 Å². The molecule has 98 valence electrons. The normalized spacial score (nSPS) is 11.2. The van der Waals surface area contributed by atoms with Gasteiger partial charge >= 0.3 is 5.97 Å². The minimum absolute atomic E-state index is 0.556. The number of benzene rings is 1. The molecule has 0 aliphatic rings. The van der Waals surface area contributed by atoms with E-state index in [0.29, 0.717) is 12.1 Å². The summed E-state index contributed by atoms with van der Waals surface area (Å²) in [5.74, 6) is -3.15. The Balaban J connectivity index is 3.43. The Morgan fingerprint density at radius 3 is 2.11 bits per heavy atom. The van der Waals surface area contributed by atoms with Crippen LogP contribution in [0.4, 0.5) is 14.5 Å². The van der Waals surface area contributed by atoms with Crippen LogP contribution >= 0.6 is 0 Å². The van der Waals surface area contributed by atoms with Gasteiger partial charge in [0.05, 0.1) is 29.6 Å². The van der Waals surface area contributed by atoms with Crippen molar-refractivity contribution in [3.05, 3.63) is 39.4 Å². The Kier molecular flexibility index (Phi) is 3.64. The second-order valence-corrected chi connectivity index (χ2v) is 4.16. The molecule has 0 atom stereocenters. The monoisotopic (exact) mass is 259 g/mol. The number of nitro groups is 1. The fourth-order valence-corrected chi connectivity index (χ4v) is 1.62. The summed E-state index contributed by atoms with van der Waals surface area (Å²) in [6.07, 6.45) is 0. The number of hydrogen-bond donors (Lipinski definition) is 0. The van der Waals surface area contributed by atoms with E-state index in [9.17, 15) is 23.7 Å². The number of nitro benzene ring substituents is 1. The average molecular weight is 259 g/mol. The van der Waals surface area contributed by atoms with E-state index >= 15 is 0 Å². The second-order valence-electron chi connectivity index (χ2n) is 4.16. The zero-order valence-corrected chi connectivity index (χ0v) is 9.99. The van der Waals surface area contributed by atoms with Crippen molar-refractivity contribution in [1.29, 1.82) is 0 Å². The Hall–Kier alpha value is -2.05. The molecule has 1 aromatic carbocycles. The van der Waals surface area contributed by atoms with Crippen LogP contribution in [0.15, 0.2) is 12.1 Å². The summed E-state index contributed by atoms with van der Waals surface area (Å²) in [7, 11) is 1.09. The summed E-state index contributed by atoms with van der Waals surface area (Å²) in [5.41, 5.74) is -2.84. The smallest absolute Gasteiger partial charge is 0.315 e. The Bertz CT molecular complexity index is 491. The standard InChI is InChI=1S/C11H11F2NO4/c1-11(2,10(15)18-3)9-7(12)4-6(14(16)17)5-8(9)13/h4-5H,1-3H3. The molecule has 0 bridgehead atoms. The van der Waals surface area contributed by atoms with Crippen molar-refractivity contribution in [1.82, 2.24) is 0 Å². The van der Waals surface area contributed by atoms with Gasteiger partial charge in [0.2, 0.25) is 0 Å². The van der Waals surface area contributed by atoms with Crippen molar-refractivity contribution in [3.63, 3.8) is 0 Å². The molecule has 0 radical (unpaired) electrons. The Morgan fingerprint density at radius 2 is 1.78 bits per heavy atom. The summed E-state index contributed by atoms with van der Waals surface area (Å²) in [4.78, 5) is 21.0. The minimum atomic E-state index is -1.57. The predicted molar refractivity (Wildman–Crippen MR) is 58.1 cm³/mol. The van der Waals surface area contributed by atoms with Crippen molar-refractivity contribution in [2.75, 3.05) is 7.11 Å². The summed E-state index contributed by atoms with van der Waals surface area (Å²) in [6, 6.07) is 1.15. The van der Waals surface area contributed by atoms with Crippen LogP contribution in [0, 0.1) is 21.7 Å². The molecule has 0 unspecified atom stereocenters. The van der Waals surface area contributed by atoms with Crippen LogP contribution < -0.4 is 0 Å². The molecule has 18 heavy (non-hydrogen) atoms. The van der Waals surface area contributed by atoms with Gasteiger partial charge in [-0.05, 0) is 13.8 Å². The third-order valence-corrected chi connectivity index (χ3v) is 2.56. The number of carbonyl (C=O) groups is 1. The highest BCUT2D eigenvalue weighted by Crippen LogP contribution is 2.32. The van der Waals surface area contributed by atoms with E-state index in [0.717, 1.165) is 7.11 Å². The summed E-state index contributed by atoms with van der Waals surface area (Å²) >= 11 is 0. The topological polar surface area (TPSA) is 69.4 Å². The molecule has 0 saturated heterocycles. The average Bonchev–Trinajstić information content (AvgIpc) is 2.26. The minimum Gasteiger partial charge on any atom is -0.468 e. The lowest BCUT2D eigenvalue weighted by Crippen LogP contribution is -2.32. The number of esters is 1. The number of nitrogens with zero attached hydrogens (tertiary/aromatic N) is 1. The van der Waals surface area contributed by atoms with Crippen LogP contribution in [0.25, 0.3) is 0 Å². The highest BCUT2D eigenvalue weighted by Gasteiger charge is 2.37. The maximum absolute atomic E-state index is 13.7. The van der Waals surface area contributed by atoms with E-state index in [1.807, 2.05) is 0 Å². The third kappa shape index (κ3) is 2.29. The molecule has 0 spiro atoms. The second kappa shape index (κ2) is 4.67. The quantitative estimate of drug-likeness (QED) is 0.474. The summed E-state index contributed by atoms with van der Waals surface area (Å²) in [5, 5.41) is 10.4. The van der Waals surface area contributed by atoms with Crippen molar-refractivity contribution < 1.29 is 23.2 Å². The molecule has 0 N–H and O–H groups in total. The zero-order chi connectivity index (χ0) is 14.1. The van der Waals surface area contributed by atoms with Crippen LogP contribution in [0.5, 0.6) is 0 Å². The molecule has 0 aliphatic heterocycles. The van der Waals surface area contributed by atoms with Crippen molar-refractivity contribution >= 4 is 11.7 Å². The molecular weight excluding hydrogens is 248 g/mol. The number of non-ortho nitro benzene ring substituents is 1. The molecule has 0 heterocycles. The molecule has 1 rings (SSSR count). The highest BCUT2D eigenvalue weighted by molar-refractivity contribution is 5.82. The highest BCUT2D eigenvalue weighted by atomic mass is 19.1. The molecule has 1 aromatic rings. The first-order chi connectivity index (χ1) is 8.21. The molecule has 0 saturated carbocycles. The molecule has 0 aliphatic carbocycles.